The third-order valence-electron chi connectivity index (χ3n) is 1.36. The Labute approximate surface area is 63.4 Å². The van der Waals surface area contributed by atoms with Gasteiger partial charge in [0.1, 0.15) is 5.82 Å². The Morgan fingerprint density at radius 1 is 1.45 bits per heavy atom. The van der Waals surface area contributed by atoms with Crippen LogP contribution in [0.15, 0.2) is 4.99 Å². The van der Waals surface area contributed by atoms with Crippen LogP contribution in [0, 0.1) is 6.92 Å². The molecule has 1 aromatic heterocycles. The molecule has 3 N–H and O–H groups in total. The summed E-state index contributed by atoms with van der Waals surface area (Å²) in [6.45, 7) is 1.77. The van der Waals surface area contributed by atoms with Gasteiger partial charge >= 0.3 is 11.5 Å². The van der Waals surface area contributed by atoms with E-state index in [1.807, 2.05) is 0 Å². The molecule has 1 aliphatic rings. The molecule has 54 valence electrons. The van der Waals surface area contributed by atoms with Crippen LogP contribution in [0.2, 0.25) is 0 Å². The van der Waals surface area contributed by atoms with E-state index in [-0.39, 0.29) is 0 Å². The summed E-state index contributed by atoms with van der Waals surface area (Å²) >= 11 is 0. The van der Waals surface area contributed by atoms with E-state index in [1.165, 1.54) is 0 Å². The Kier molecular flexibility index (Phi) is 1.02. The van der Waals surface area contributed by atoms with Crippen LogP contribution in [0.25, 0.3) is 0 Å². The highest BCUT2D eigenvalue weighted by Crippen LogP contribution is 2.30. The fourth-order valence-corrected chi connectivity index (χ4v) is 0.923. The molecule has 0 fully saturated rings. The first-order valence-corrected chi connectivity index (χ1v) is 3.13. The van der Waals surface area contributed by atoms with Crippen LogP contribution < -0.4 is 11.1 Å². The maximum atomic E-state index is 5.55. The van der Waals surface area contributed by atoms with E-state index in [0.717, 1.165) is 0 Å². The molecule has 0 unspecified atom stereocenters. The van der Waals surface area contributed by atoms with E-state index >= 15 is 0 Å². The predicted molar refractivity (Wildman–Crippen MR) is 41.9 cm³/mol. The number of aliphatic imine (C=N–C) groups is 1. The highest BCUT2D eigenvalue weighted by molar-refractivity contribution is 5.92. The second-order valence-corrected chi connectivity index (χ2v) is 2.20. The molecule has 0 aromatic carbocycles. The molecule has 5 heteroatoms. The third-order valence-corrected chi connectivity index (χ3v) is 1.36. The number of hydrogen-bond acceptors (Lipinski definition) is 5. The number of nitrogens with one attached hydrogen (secondary N) is 1. The van der Waals surface area contributed by atoms with Crippen LogP contribution >= 0.6 is 0 Å². The zero-order valence-electron chi connectivity index (χ0n) is 5.92. The van der Waals surface area contributed by atoms with Gasteiger partial charge in [-0.2, -0.15) is 10.3 Å². The van der Waals surface area contributed by atoms with Crippen molar-refractivity contribution < 1.29 is 0 Å². The molecular weight excluding hydrogens is 142 g/mol. The molecule has 1 aromatic rings. The molecule has 0 bridgehead atoms. The summed E-state index contributed by atoms with van der Waals surface area (Å²) in [5.74, 6) is 1.66. The Hall–Kier alpha value is -1.74. The first kappa shape index (κ1) is 6.00. The molecule has 5 nitrogen and oxygen atoms in total. The zero-order valence-corrected chi connectivity index (χ0v) is 5.92. The van der Waals surface area contributed by atoms with Gasteiger partial charge in [0.25, 0.3) is 6.34 Å². The number of aryl methyl sites for hydroxylation is 1. The van der Waals surface area contributed by atoms with Gasteiger partial charge in [-0.05, 0) is 11.9 Å². The lowest BCUT2D eigenvalue weighted by Crippen LogP contribution is -1.98. The zero-order chi connectivity index (χ0) is 7.84. The molecule has 0 radical (unpaired) electrons. The van der Waals surface area contributed by atoms with Gasteiger partial charge in [-0.15, -0.1) is 4.98 Å². The number of rotatable bonds is 0. The molecule has 0 amide bonds. The van der Waals surface area contributed by atoms with Gasteiger partial charge in [0.05, 0.1) is 0 Å². The maximum Gasteiger partial charge on any atom is 0.320 e. The van der Waals surface area contributed by atoms with Crippen molar-refractivity contribution in [1.29, 1.82) is 0 Å². The number of nitrogen functional groups attached to an aromatic ring is 1. The Morgan fingerprint density at radius 3 is 3.09 bits per heavy atom. The van der Waals surface area contributed by atoms with Crippen LogP contribution in [0.3, 0.4) is 0 Å². The van der Waals surface area contributed by atoms with Crippen molar-refractivity contribution in [3.05, 3.63) is 5.82 Å². The normalized spacial score (nSPS) is 12.1. The highest BCUT2D eigenvalue weighted by atomic mass is 15.1. The van der Waals surface area contributed by atoms with Crippen molar-refractivity contribution in [2.45, 2.75) is 6.92 Å². The molecule has 0 saturated carbocycles. The lowest BCUT2D eigenvalue weighted by molar-refractivity contribution is 1.07. The van der Waals surface area contributed by atoms with Gasteiger partial charge in [0.15, 0.2) is 0 Å². The average Bonchev–Trinajstić information content (AvgIpc) is 2.34. The quantitative estimate of drug-likeness (QED) is 0.520. The van der Waals surface area contributed by atoms with E-state index in [9.17, 15) is 0 Å². The SMILES string of the molecule is Cc1nc(N)c2c(n1)N[C+]=N2. The van der Waals surface area contributed by atoms with E-state index in [1.54, 1.807) is 6.92 Å². The van der Waals surface area contributed by atoms with E-state index in [0.29, 0.717) is 23.1 Å². The van der Waals surface area contributed by atoms with Crippen molar-refractivity contribution >= 4 is 23.7 Å². The van der Waals surface area contributed by atoms with Gasteiger partial charge in [0.2, 0.25) is 5.82 Å². The topological polar surface area (TPSA) is 76.2 Å². The van der Waals surface area contributed by atoms with Crippen LogP contribution in [0.1, 0.15) is 5.82 Å². The molecule has 2 rings (SSSR count). The summed E-state index contributed by atoms with van der Waals surface area (Å²) < 4.78 is 0. The molecule has 0 atom stereocenters. The van der Waals surface area contributed by atoms with Crippen molar-refractivity contribution in [2.24, 2.45) is 4.99 Å². The molecule has 0 aliphatic carbocycles. The van der Waals surface area contributed by atoms with Crippen LogP contribution in [0.4, 0.5) is 17.3 Å². The van der Waals surface area contributed by atoms with Crippen LogP contribution in [0.5, 0.6) is 0 Å². The number of nitrogens with zero attached hydrogens (tertiary/aromatic N) is 3. The lowest BCUT2D eigenvalue weighted by atomic mass is 10.4. The summed E-state index contributed by atoms with van der Waals surface area (Å²) in [4.78, 5) is 11.8. The van der Waals surface area contributed by atoms with Crippen molar-refractivity contribution in [3.8, 4) is 0 Å². The summed E-state index contributed by atoms with van der Waals surface area (Å²) in [7, 11) is 0. The predicted octanol–water partition coefficient (Wildman–Crippen LogP) is 0.330. The molecular formula is C6H6N5+. The summed E-state index contributed by atoms with van der Waals surface area (Å²) in [5.41, 5.74) is 6.13. The van der Waals surface area contributed by atoms with Gasteiger partial charge in [-0.1, -0.05) is 0 Å². The Balaban J connectivity index is 2.67. The van der Waals surface area contributed by atoms with E-state index < -0.39 is 0 Å². The third kappa shape index (κ3) is 0.789. The maximum absolute atomic E-state index is 5.55. The van der Waals surface area contributed by atoms with Crippen molar-refractivity contribution in [3.63, 3.8) is 0 Å². The molecule has 1 aliphatic heterocycles. The monoisotopic (exact) mass is 148 g/mol. The van der Waals surface area contributed by atoms with Crippen molar-refractivity contribution in [1.82, 2.24) is 9.97 Å². The van der Waals surface area contributed by atoms with Crippen molar-refractivity contribution in [2.75, 3.05) is 11.1 Å². The van der Waals surface area contributed by atoms with Crippen LogP contribution in [-0.4, -0.2) is 16.3 Å². The molecule has 0 spiro atoms. The second kappa shape index (κ2) is 1.87. The molecule has 11 heavy (non-hydrogen) atoms. The van der Waals surface area contributed by atoms with Gasteiger partial charge in [-0.3, -0.25) is 0 Å². The highest BCUT2D eigenvalue weighted by Gasteiger charge is 2.25. The minimum absolute atomic E-state index is 0.394. The fourth-order valence-electron chi connectivity index (χ4n) is 0.923. The van der Waals surface area contributed by atoms with E-state index in [4.69, 9.17) is 5.73 Å². The Morgan fingerprint density at radius 2 is 2.27 bits per heavy atom. The van der Waals surface area contributed by atoms with Crippen LogP contribution in [-0.2, 0) is 0 Å². The second-order valence-electron chi connectivity index (χ2n) is 2.20. The fraction of sp³-hybridized carbons (Fsp3) is 0.167. The number of fused-ring (bicyclic) bond motifs is 1. The number of nitrogens with two attached hydrogens (primary N) is 1. The minimum Gasteiger partial charge on any atom is -0.369 e. The summed E-state index contributed by atoms with van der Waals surface area (Å²) in [6, 6.07) is 0. The smallest absolute Gasteiger partial charge is 0.320 e. The largest absolute Gasteiger partial charge is 0.369 e. The van der Waals surface area contributed by atoms with Gasteiger partial charge in [0, 0.05) is 0 Å². The number of anilines is 2. The Bertz CT molecular complexity index is 330. The molecule has 2 heterocycles. The lowest BCUT2D eigenvalue weighted by Gasteiger charge is -1.91. The number of aromatic nitrogens is 2. The van der Waals surface area contributed by atoms with E-state index in [2.05, 4.69) is 26.6 Å². The summed E-state index contributed by atoms with van der Waals surface area (Å²) in [5, 5.41) is 2.73. The standard InChI is InChI=1S/C6H6N5/c1-3-10-5(7)4-6(11-3)9-2-8-4/h1H3,(H3,7,8,9,10,11)/q+1. The van der Waals surface area contributed by atoms with Gasteiger partial charge < -0.3 is 5.73 Å². The number of hydrogen-bond donors (Lipinski definition) is 2. The first-order chi connectivity index (χ1) is 5.27. The average molecular weight is 148 g/mol. The van der Waals surface area contributed by atoms with Gasteiger partial charge in [-0.25, -0.2) is 0 Å². The minimum atomic E-state index is 0.394. The first-order valence-electron chi connectivity index (χ1n) is 3.13. The molecule has 0 saturated heterocycles. The summed E-state index contributed by atoms with van der Waals surface area (Å²) in [6.07, 6.45) is 2.55.